The van der Waals surface area contributed by atoms with Crippen LogP contribution >= 0.6 is 9.24 Å². The van der Waals surface area contributed by atoms with Crippen molar-refractivity contribution in [2.24, 2.45) is 0 Å². The van der Waals surface area contributed by atoms with E-state index in [4.69, 9.17) is 0 Å². The van der Waals surface area contributed by atoms with Gasteiger partial charge in [0.05, 0.1) is 0 Å². The third-order valence-corrected chi connectivity index (χ3v) is 11.2. The normalized spacial score (nSPS) is 11.0. The molecule has 10 aromatic carbocycles. The lowest BCUT2D eigenvalue weighted by molar-refractivity contribution is 1.50. The first-order valence-electron chi connectivity index (χ1n) is 19.5. The Morgan fingerprint density at radius 1 is 0.255 bits per heavy atom. The molecule has 0 fully saturated rings. The van der Waals surface area contributed by atoms with Crippen molar-refractivity contribution in [3.8, 4) is 44.5 Å². The highest BCUT2D eigenvalue weighted by molar-refractivity contribution is 7.29. The molecule has 0 aliphatic rings. The molecule has 0 heterocycles. The van der Waals surface area contributed by atoms with Crippen molar-refractivity contribution >= 4 is 68.4 Å². The fraction of sp³-hybridized carbons (Fsp3) is 0.0741. The summed E-state index contributed by atoms with van der Waals surface area (Å²) in [6, 6.07) is 69.2. The van der Waals surface area contributed by atoms with Gasteiger partial charge in [0.15, 0.2) is 0 Å². The lowest BCUT2D eigenvalue weighted by atomic mass is 9.93. The van der Waals surface area contributed by atoms with Crippen LogP contribution in [0.4, 0.5) is 0 Å². The lowest BCUT2D eigenvalue weighted by Crippen LogP contribution is -1.99. The van der Waals surface area contributed by atoms with E-state index in [-0.39, 0.29) is 0 Å². The Morgan fingerprint density at radius 3 is 1.27 bits per heavy atom. The predicted molar refractivity (Wildman–Crippen MR) is 248 cm³/mol. The molecule has 10 aromatic rings. The second-order valence-electron chi connectivity index (χ2n) is 13.6. The zero-order chi connectivity index (χ0) is 37.9. The molecule has 0 amide bonds. The van der Waals surface area contributed by atoms with Crippen LogP contribution in [-0.4, -0.2) is 0 Å². The maximum absolute atomic E-state index is 2.98. The summed E-state index contributed by atoms with van der Waals surface area (Å²) in [5.74, 6) is 0. The van der Waals surface area contributed by atoms with Crippen LogP contribution in [0.2, 0.25) is 0 Å². The zero-order valence-corrected chi connectivity index (χ0v) is 33.1. The molecule has 1 atom stereocenters. The summed E-state index contributed by atoms with van der Waals surface area (Å²) in [6.45, 7) is 8.00. The van der Waals surface area contributed by atoms with Gasteiger partial charge >= 0.3 is 0 Å². The van der Waals surface area contributed by atoms with Gasteiger partial charge in [0, 0.05) is 0 Å². The number of hydrogen-bond acceptors (Lipinski definition) is 0. The van der Waals surface area contributed by atoms with Gasteiger partial charge in [0.1, 0.15) is 0 Å². The molecule has 0 N–H and O–H groups in total. The van der Waals surface area contributed by atoms with Crippen LogP contribution < -0.4 is 5.30 Å². The molecular weight excluding hydrogens is 680 g/mol. The third kappa shape index (κ3) is 6.80. The Hall–Kier alpha value is -6.07. The quantitative estimate of drug-likeness (QED) is 0.125. The van der Waals surface area contributed by atoms with Gasteiger partial charge < -0.3 is 0 Å². The highest BCUT2D eigenvalue weighted by atomic mass is 31.0. The Bertz CT molecular complexity index is 2990. The van der Waals surface area contributed by atoms with Crippen molar-refractivity contribution in [3.05, 3.63) is 188 Å². The van der Waals surface area contributed by atoms with Gasteiger partial charge in [-0.3, -0.25) is 0 Å². The molecule has 0 spiro atoms. The van der Waals surface area contributed by atoms with Crippen LogP contribution in [0.1, 0.15) is 27.7 Å². The second-order valence-corrected chi connectivity index (χ2v) is 14.1. The Balaban J connectivity index is 0.00000104. The van der Waals surface area contributed by atoms with E-state index < -0.39 is 0 Å². The topological polar surface area (TPSA) is 0 Å². The molecule has 0 radical (unpaired) electrons. The van der Waals surface area contributed by atoms with E-state index in [1.165, 1.54) is 104 Å². The average molecular weight is 725 g/mol. The standard InChI is InChI=1S/C50H33P.2C2H6/c51-50-45-14-4-2-8-33(45)21-24-46(50)43-12-6-11-37(30-43)35-9-5-10-36(27-35)38-17-18-40-29-41(20-19-39(40)28-38)42-16-15-34-23-25-47-44-13-3-1-7-32(44)22-26-48(47)49(34)31-42;2*1-2/h1-31H,51H2;2*1-2H3. The van der Waals surface area contributed by atoms with Gasteiger partial charge in [0.2, 0.25) is 0 Å². The molecule has 0 aliphatic heterocycles. The molecule has 0 saturated carbocycles. The van der Waals surface area contributed by atoms with Gasteiger partial charge in [-0.1, -0.05) is 185 Å². The number of hydrogen-bond donors (Lipinski definition) is 0. The molecule has 55 heavy (non-hydrogen) atoms. The maximum Gasteiger partial charge on any atom is -0.00987 e. The third-order valence-electron chi connectivity index (χ3n) is 10.6. The first-order valence-corrected chi connectivity index (χ1v) is 20.1. The summed E-state index contributed by atoms with van der Waals surface area (Å²) < 4.78 is 0. The molecular formula is C54H45P. The van der Waals surface area contributed by atoms with Gasteiger partial charge in [-0.2, -0.15) is 0 Å². The molecule has 0 aliphatic carbocycles. The summed E-state index contributed by atoms with van der Waals surface area (Å²) in [6.07, 6.45) is 0. The Labute approximate surface area is 327 Å². The van der Waals surface area contributed by atoms with E-state index in [9.17, 15) is 0 Å². The van der Waals surface area contributed by atoms with E-state index in [0.717, 1.165) is 0 Å². The van der Waals surface area contributed by atoms with E-state index in [1.54, 1.807) is 0 Å². The van der Waals surface area contributed by atoms with Gasteiger partial charge in [0.25, 0.3) is 0 Å². The van der Waals surface area contributed by atoms with E-state index in [2.05, 4.69) is 197 Å². The molecule has 266 valence electrons. The average Bonchev–Trinajstić information content (AvgIpc) is 3.27. The summed E-state index contributed by atoms with van der Waals surface area (Å²) in [5, 5.41) is 14.0. The number of benzene rings is 10. The fourth-order valence-electron chi connectivity index (χ4n) is 7.89. The fourth-order valence-corrected chi connectivity index (χ4v) is 8.42. The SMILES string of the molecule is CC.CC.Pc1c(-c2cccc(-c3cccc(-c4ccc5cc(-c6ccc7ccc8c9ccccc9ccc8c7c6)ccc5c4)c3)c2)ccc2ccccc12. The minimum atomic E-state index is 1.22. The largest absolute Gasteiger partial charge is 0.104 e. The van der Waals surface area contributed by atoms with Crippen LogP contribution in [0, 0.1) is 0 Å². The number of rotatable bonds is 4. The van der Waals surface area contributed by atoms with Crippen LogP contribution in [0.5, 0.6) is 0 Å². The van der Waals surface area contributed by atoms with Crippen LogP contribution in [0.3, 0.4) is 0 Å². The van der Waals surface area contributed by atoms with Crippen molar-refractivity contribution in [1.29, 1.82) is 0 Å². The molecule has 0 aromatic heterocycles. The Morgan fingerprint density at radius 2 is 0.655 bits per heavy atom. The first-order chi connectivity index (χ1) is 27.2. The summed E-state index contributed by atoms with van der Waals surface area (Å²) in [5.41, 5.74) is 9.81. The number of fused-ring (bicyclic) bond motifs is 7. The smallest absolute Gasteiger partial charge is 0.00987 e. The van der Waals surface area contributed by atoms with E-state index in [0.29, 0.717) is 0 Å². The molecule has 0 bridgehead atoms. The second kappa shape index (κ2) is 15.7. The molecule has 10 rings (SSSR count). The van der Waals surface area contributed by atoms with Crippen molar-refractivity contribution in [1.82, 2.24) is 0 Å². The zero-order valence-electron chi connectivity index (χ0n) is 32.0. The minimum absolute atomic E-state index is 1.22. The van der Waals surface area contributed by atoms with Crippen LogP contribution in [0.15, 0.2) is 188 Å². The van der Waals surface area contributed by atoms with Crippen LogP contribution in [-0.2, 0) is 0 Å². The maximum atomic E-state index is 2.98. The summed E-state index contributed by atoms with van der Waals surface area (Å²) >= 11 is 0. The van der Waals surface area contributed by atoms with E-state index >= 15 is 0 Å². The van der Waals surface area contributed by atoms with Crippen molar-refractivity contribution in [3.63, 3.8) is 0 Å². The molecule has 1 heteroatoms. The van der Waals surface area contributed by atoms with Gasteiger partial charge in [-0.05, 0) is 134 Å². The monoisotopic (exact) mass is 724 g/mol. The van der Waals surface area contributed by atoms with Crippen LogP contribution in [0.25, 0.3) is 98.4 Å². The highest BCUT2D eigenvalue weighted by Crippen LogP contribution is 2.36. The molecule has 0 saturated heterocycles. The highest BCUT2D eigenvalue weighted by Gasteiger charge is 2.11. The lowest BCUT2D eigenvalue weighted by Gasteiger charge is -2.12. The molecule has 0 nitrogen and oxygen atoms in total. The van der Waals surface area contributed by atoms with Crippen molar-refractivity contribution in [2.75, 3.05) is 0 Å². The van der Waals surface area contributed by atoms with E-state index in [1.807, 2.05) is 27.7 Å². The van der Waals surface area contributed by atoms with Crippen molar-refractivity contribution in [2.45, 2.75) is 27.7 Å². The summed E-state index contributed by atoms with van der Waals surface area (Å²) in [4.78, 5) is 0. The molecule has 1 unspecified atom stereocenters. The Kier molecular flexibility index (Phi) is 10.3. The van der Waals surface area contributed by atoms with Crippen molar-refractivity contribution < 1.29 is 0 Å². The van der Waals surface area contributed by atoms with Gasteiger partial charge in [-0.15, -0.1) is 9.24 Å². The minimum Gasteiger partial charge on any atom is -0.104 e. The first kappa shape index (κ1) is 35.9. The summed E-state index contributed by atoms with van der Waals surface area (Å²) in [7, 11) is 2.98. The predicted octanol–water partition coefficient (Wildman–Crippen LogP) is 15.7. The van der Waals surface area contributed by atoms with Gasteiger partial charge in [-0.25, -0.2) is 0 Å².